The number of halogens is 1. The van der Waals surface area contributed by atoms with Crippen molar-refractivity contribution in [3.8, 4) is 0 Å². The average molecular weight is 299 g/mol. The van der Waals surface area contributed by atoms with Crippen molar-refractivity contribution in [3.05, 3.63) is 16.9 Å². The summed E-state index contributed by atoms with van der Waals surface area (Å²) < 4.78 is 7.40. The minimum atomic E-state index is -0.717. The second kappa shape index (κ2) is 6.72. The van der Waals surface area contributed by atoms with Gasteiger partial charge < -0.3 is 4.74 Å². The van der Waals surface area contributed by atoms with Gasteiger partial charge in [-0.25, -0.2) is 0 Å². The smallest absolute Gasteiger partial charge is 0.214 e. The van der Waals surface area contributed by atoms with E-state index in [1.54, 1.807) is 18.0 Å². The third-order valence-electron chi connectivity index (χ3n) is 4.16. The summed E-state index contributed by atoms with van der Waals surface area (Å²) in [4.78, 5) is 13.0. The number of nitrogens with zero attached hydrogens (tertiary/aromatic N) is 2. The van der Waals surface area contributed by atoms with Crippen LogP contribution in [0.25, 0.3) is 0 Å². The minimum absolute atomic E-state index is 0.00199. The Bertz CT molecular complexity index is 462. The molecule has 0 amide bonds. The summed E-state index contributed by atoms with van der Waals surface area (Å²) in [6.45, 7) is 2.76. The lowest BCUT2D eigenvalue weighted by Crippen LogP contribution is -2.41. The molecule has 1 heterocycles. The quantitative estimate of drug-likeness (QED) is 0.612. The Balaban J connectivity index is 2.34. The molecule has 1 saturated carbocycles. The van der Waals surface area contributed by atoms with E-state index in [-0.39, 0.29) is 5.78 Å². The van der Waals surface area contributed by atoms with Crippen LogP contribution < -0.4 is 0 Å². The highest BCUT2D eigenvalue weighted by Gasteiger charge is 2.41. The van der Waals surface area contributed by atoms with Gasteiger partial charge in [0.15, 0.2) is 0 Å². The van der Waals surface area contributed by atoms with E-state index < -0.39 is 5.60 Å². The number of aromatic nitrogens is 2. The molecule has 1 aliphatic rings. The molecule has 1 aromatic rings. The van der Waals surface area contributed by atoms with Gasteiger partial charge in [-0.05, 0) is 19.3 Å². The van der Waals surface area contributed by atoms with Crippen LogP contribution in [0.2, 0.25) is 5.02 Å². The zero-order chi connectivity index (χ0) is 14.6. The summed E-state index contributed by atoms with van der Waals surface area (Å²) >= 11 is 6.19. The molecule has 0 N–H and O–H groups in total. The molecular weight excluding hydrogens is 276 g/mol. The molecule has 1 fully saturated rings. The zero-order valence-electron chi connectivity index (χ0n) is 12.3. The third kappa shape index (κ3) is 2.91. The Labute approximate surface area is 125 Å². The second-order valence-electron chi connectivity index (χ2n) is 5.51. The normalized spacial score (nSPS) is 18.8. The van der Waals surface area contributed by atoms with Crippen LogP contribution in [0.5, 0.6) is 0 Å². The first-order chi connectivity index (χ1) is 9.64. The fraction of sp³-hybridized carbons (Fsp3) is 0.733. The number of ether oxygens (including phenoxy) is 1. The van der Waals surface area contributed by atoms with Crippen molar-refractivity contribution in [1.82, 2.24) is 9.78 Å². The topological polar surface area (TPSA) is 44.1 Å². The first-order valence-electron chi connectivity index (χ1n) is 7.46. The summed E-state index contributed by atoms with van der Waals surface area (Å²) in [6, 6.07) is 0. The van der Waals surface area contributed by atoms with Gasteiger partial charge in [0.05, 0.1) is 11.2 Å². The lowest BCUT2D eigenvalue weighted by molar-refractivity contribution is -0.00773. The molecule has 0 atom stereocenters. The number of carbonyl (C=O) groups is 1. The summed E-state index contributed by atoms with van der Waals surface area (Å²) in [5.74, 6) is -0.00199. The van der Waals surface area contributed by atoms with E-state index in [4.69, 9.17) is 16.3 Å². The highest BCUT2D eigenvalue weighted by Crippen LogP contribution is 2.34. The number of hydrogen-bond donors (Lipinski definition) is 0. The maximum absolute atomic E-state index is 13.0. The Hall–Kier alpha value is -0.870. The van der Waals surface area contributed by atoms with Gasteiger partial charge in [-0.3, -0.25) is 9.48 Å². The predicted molar refractivity (Wildman–Crippen MR) is 79.3 cm³/mol. The summed E-state index contributed by atoms with van der Waals surface area (Å²) in [5, 5.41) is 4.65. The first-order valence-corrected chi connectivity index (χ1v) is 7.83. The van der Waals surface area contributed by atoms with Crippen LogP contribution in [-0.2, 0) is 11.3 Å². The molecule has 0 spiro atoms. The Kier molecular flexibility index (Phi) is 5.22. The second-order valence-corrected chi connectivity index (χ2v) is 5.91. The minimum Gasteiger partial charge on any atom is -0.370 e. The van der Waals surface area contributed by atoms with E-state index in [2.05, 4.69) is 12.0 Å². The Morgan fingerprint density at radius 3 is 2.60 bits per heavy atom. The highest BCUT2D eigenvalue weighted by molar-refractivity contribution is 6.34. The number of aryl methyl sites for hydroxylation is 1. The molecule has 0 saturated heterocycles. The van der Waals surface area contributed by atoms with Gasteiger partial charge in [-0.1, -0.05) is 44.2 Å². The van der Waals surface area contributed by atoms with Gasteiger partial charge >= 0.3 is 0 Å². The molecule has 20 heavy (non-hydrogen) atoms. The molecule has 5 heteroatoms. The number of ketones is 1. The Morgan fingerprint density at radius 1 is 1.40 bits per heavy atom. The van der Waals surface area contributed by atoms with Crippen LogP contribution in [0.1, 0.15) is 62.4 Å². The molecule has 0 aromatic carbocycles. The summed E-state index contributed by atoms with van der Waals surface area (Å²) in [6.07, 6.45) is 8.41. The van der Waals surface area contributed by atoms with Gasteiger partial charge in [-0.2, -0.15) is 5.10 Å². The lowest BCUT2D eigenvalue weighted by atomic mass is 9.87. The van der Waals surface area contributed by atoms with Crippen LogP contribution >= 0.6 is 11.6 Å². The van der Waals surface area contributed by atoms with Crippen molar-refractivity contribution in [3.63, 3.8) is 0 Å². The van der Waals surface area contributed by atoms with E-state index in [0.717, 1.165) is 32.1 Å². The van der Waals surface area contributed by atoms with Gasteiger partial charge in [-0.15, -0.1) is 0 Å². The predicted octanol–water partition coefficient (Wildman–Crippen LogP) is 3.87. The summed E-state index contributed by atoms with van der Waals surface area (Å²) in [7, 11) is 1.64. The lowest BCUT2D eigenvalue weighted by Gasteiger charge is -2.30. The van der Waals surface area contributed by atoms with Gasteiger partial charge in [0.1, 0.15) is 11.3 Å². The van der Waals surface area contributed by atoms with Crippen molar-refractivity contribution in [2.45, 2.75) is 64.0 Å². The number of methoxy groups -OCH3 is 1. The molecule has 1 aromatic heterocycles. The molecule has 0 aliphatic heterocycles. The Morgan fingerprint density at radius 2 is 2.05 bits per heavy atom. The van der Waals surface area contributed by atoms with E-state index in [1.165, 1.54) is 12.8 Å². The van der Waals surface area contributed by atoms with E-state index in [9.17, 15) is 4.79 Å². The van der Waals surface area contributed by atoms with Crippen molar-refractivity contribution < 1.29 is 9.53 Å². The fourth-order valence-corrected chi connectivity index (χ4v) is 3.24. The summed E-state index contributed by atoms with van der Waals surface area (Å²) in [5.41, 5.74) is -0.205. The molecule has 0 radical (unpaired) electrons. The molecule has 0 bridgehead atoms. The molecule has 112 valence electrons. The van der Waals surface area contributed by atoms with Crippen molar-refractivity contribution in [2.24, 2.45) is 0 Å². The van der Waals surface area contributed by atoms with Gasteiger partial charge in [0.2, 0.25) is 5.78 Å². The molecule has 1 aliphatic carbocycles. The van der Waals surface area contributed by atoms with Crippen molar-refractivity contribution in [2.75, 3.05) is 7.11 Å². The van der Waals surface area contributed by atoms with Crippen LogP contribution in [0.4, 0.5) is 0 Å². The monoisotopic (exact) mass is 298 g/mol. The first kappa shape index (κ1) is 15.5. The standard InChI is InChI=1S/C15H23ClN2O2/c1-3-10-18-13(12(16)11-17-18)14(19)15(20-2)8-6-4-5-7-9-15/h11H,3-10H2,1-2H3. The number of carbonyl (C=O) groups excluding carboxylic acids is 1. The van der Waals surface area contributed by atoms with Gasteiger partial charge in [0.25, 0.3) is 0 Å². The van der Waals surface area contributed by atoms with Crippen molar-refractivity contribution in [1.29, 1.82) is 0 Å². The number of rotatable bonds is 5. The maximum Gasteiger partial charge on any atom is 0.214 e. The van der Waals surface area contributed by atoms with Crippen molar-refractivity contribution >= 4 is 17.4 Å². The van der Waals surface area contributed by atoms with E-state index in [1.807, 2.05) is 0 Å². The van der Waals surface area contributed by atoms with Gasteiger partial charge in [0, 0.05) is 13.7 Å². The largest absolute Gasteiger partial charge is 0.370 e. The highest BCUT2D eigenvalue weighted by atomic mass is 35.5. The van der Waals surface area contributed by atoms with E-state index in [0.29, 0.717) is 17.3 Å². The molecule has 4 nitrogen and oxygen atoms in total. The average Bonchev–Trinajstić information content (AvgIpc) is 2.68. The molecule has 2 rings (SSSR count). The fourth-order valence-electron chi connectivity index (χ4n) is 3.01. The number of hydrogen-bond acceptors (Lipinski definition) is 3. The zero-order valence-corrected chi connectivity index (χ0v) is 13.1. The SMILES string of the molecule is CCCn1ncc(Cl)c1C(=O)C1(OC)CCCCCC1. The number of Topliss-reactive ketones (excluding diaryl/α,β-unsaturated/α-hetero) is 1. The van der Waals surface area contributed by atoms with E-state index >= 15 is 0 Å². The third-order valence-corrected chi connectivity index (χ3v) is 4.44. The van der Waals surface area contributed by atoms with Crippen LogP contribution in [0, 0.1) is 0 Å². The van der Waals surface area contributed by atoms with Crippen LogP contribution in [-0.4, -0.2) is 28.3 Å². The molecule has 0 unspecified atom stereocenters. The van der Waals surface area contributed by atoms with Crippen LogP contribution in [0.3, 0.4) is 0 Å². The van der Waals surface area contributed by atoms with Crippen LogP contribution in [0.15, 0.2) is 6.20 Å². The molecular formula is C15H23ClN2O2. The maximum atomic E-state index is 13.0.